The normalized spacial score (nSPS) is 16.4. The fraction of sp³-hybridized carbons (Fsp3) is 0.500. The van der Waals surface area contributed by atoms with Crippen LogP contribution in [0.3, 0.4) is 0 Å². The highest BCUT2D eigenvalue weighted by Crippen LogP contribution is 2.56. The van der Waals surface area contributed by atoms with Crippen LogP contribution < -0.4 is 4.74 Å². The summed E-state index contributed by atoms with van der Waals surface area (Å²) in [7, 11) is 1.65. The van der Waals surface area contributed by atoms with Crippen LogP contribution in [0.1, 0.15) is 36.0 Å². The maximum Gasteiger partial charge on any atom is 0.304 e. The van der Waals surface area contributed by atoms with E-state index in [-0.39, 0.29) is 11.8 Å². The molecule has 0 bridgehead atoms. The van der Waals surface area contributed by atoms with Crippen molar-refractivity contribution in [2.75, 3.05) is 7.11 Å². The van der Waals surface area contributed by atoms with Crippen molar-refractivity contribution in [3.63, 3.8) is 0 Å². The van der Waals surface area contributed by atoms with Gasteiger partial charge in [0.05, 0.1) is 13.5 Å². The maximum absolute atomic E-state index is 11.0. The molecule has 2 rings (SSSR count). The van der Waals surface area contributed by atoms with Gasteiger partial charge < -0.3 is 9.84 Å². The van der Waals surface area contributed by atoms with Crippen LogP contribution >= 0.6 is 15.9 Å². The molecule has 1 N–H and O–H groups in total. The number of carboxylic acids is 1. The molecular weight excluding hydrogens is 296 g/mol. The number of aliphatic carboxylic acids is 1. The molecule has 0 spiro atoms. The van der Waals surface area contributed by atoms with Crippen LogP contribution in [0, 0.1) is 13.8 Å². The second kappa shape index (κ2) is 4.57. The van der Waals surface area contributed by atoms with Crippen LogP contribution in [0.4, 0.5) is 0 Å². The van der Waals surface area contributed by atoms with Gasteiger partial charge in [0.15, 0.2) is 0 Å². The van der Waals surface area contributed by atoms with E-state index in [1.54, 1.807) is 7.11 Å². The number of benzene rings is 1. The van der Waals surface area contributed by atoms with Crippen LogP contribution in [-0.2, 0) is 10.2 Å². The molecule has 0 amide bonds. The zero-order valence-electron chi connectivity index (χ0n) is 10.8. The van der Waals surface area contributed by atoms with Gasteiger partial charge in [-0.25, -0.2) is 0 Å². The molecule has 1 aromatic carbocycles. The van der Waals surface area contributed by atoms with Crippen LogP contribution in [0.25, 0.3) is 0 Å². The highest BCUT2D eigenvalue weighted by Gasteiger charge is 2.49. The molecule has 98 valence electrons. The lowest BCUT2D eigenvalue weighted by atomic mass is 9.86. The van der Waals surface area contributed by atoms with Crippen molar-refractivity contribution in [2.45, 2.75) is 38.5 Å². The molecule has 1 aliphatic rings. The predicted molar refractivity (Wildman–Crippen MR) is 73.3 cm³/mol. The molecule has 1 fully saturated rings. The van der Waals surface area contributed by atoms with Crippen molar-refractivity contribution in [2.24, 2.45) is 0 Å². The third-order valence-corrected chi connectivity index (χ3v) is 4.56. The van der Waals surface area contributed by atoms with Crippen LogP contribution in [0.5, 0.6) is 5.75 Å². The summed E-state index contributed by atoms with van der Waals surface area (Å²) in [5.41, 5.74) is 3.00. The fourth-order valence-electron chi connectivity index (χ4n) is 2.72. The van der Waals surface area contributed by atoms with Crippen molar-refractivity contribution in [3.8, 4) is 5.75 Å². The second-order valence-electron chi connectivity index (χ2n) is 5.06. The lowest BCUT2D eigenvalue weighted by Gasteiger charge is -2.22. The molecule has 0 radical (unpaired) electrons. The lowest BCUT2D eigenvalue weighted by molar-refractivity contribution is -0.137. The topological polar surface area (TPSA) is 46.5 Å². The highest BCUT2D eigenvalue weighted by molar-refractivity contribution is 9.10. The summed E-state index contributed by atoms with van der Waals surface area (Å²) >= 11 is 3.51. The quantitative estimate of drug-likeness (QED) is 0.924. The minimum absolute atomic E-state index is 0.186. The number of halogens is 1. The van der Waals surface area contributed by atoms with Gasteiger partial charge in [0.2, 0.25) is 0 Å². The number of methoxy groups -OCH3 is 1. The summed E-state index contributed by atoms with van der Waals surface area (Å²) in [5.74, 6) is 0.0927. The number of rotatable bonds is 4. The van der Waals surface area contributed by atoms with E-state index in [2.05, 4.69) is 22.0 Å². The molecule has 0 unspecified atom stereocenters. The molecule has 18 heavy (non-hydrogen) atoms. The standard InChI is InChI=1S/C14H17BrO3/c1-8-6-10(15)9(2)13(18-3)12(8)14(4-5-14)7-11(16)17/h6H,4-5,7H2,1-3H3,(H,16,17). The number of carbonyl (C=O) groups is 1. The molecule has 0 aromatic heterocycles. The van der Waals surface area contributed by atoms with Gasteiger partial charge in [-0.05, 0) is 38.3 Å². The first kappa shape index (κ1) is 13.4. The minimum Gasteiger partial charge on any atom is -0.496 e. The van der Waals surface area contributed by atoms with Crippen molar-refractivity contribution >= 4 is 21.9 Å². The van der Waals surface area contributed by atoms with Gasteiger partial charge in [0, 0.05) is 21.0 Å². The summed E-state index contributed by atoms with van der Waals surface area (Å²) in [6.45, 7) is 4.01. The van der Waals surface area contributed by atoms with E-state index in [9.17, 15) is 4.79 Å². The van der Waals surface area contributed by atoms with Gasteiger partial charge in [0.25, 0.3) is 0 Å². The van der Waals surface area contributed by atoms with Crippen molar-refractivity contribution in [1.29, 1.82) is 0 Å². The van der Waals surface area contributed by atoms with Gasteiger partial charge >= 0.3 is 5.97 Å². The molecule has 0 aliphatic heterocycles. The number of carboxylic acid groups (broad SMARTS) is 1. The Hall–Kier alpha value is -1.03. The van der Waals surface area contributed by atoms with E-state index in [1.165, 1.54) is 0 Å². The van der Waals surface area contributed by atoms with Gasteiger partial charge in [-0.2, -0.15) is 0 Å². The first-order chi connectivity index (χ1) is 8.41. The number of ether oxygens (including phenoxy) is 1. The Balaban J connectivity index is 2.57. The average Bonchev–Trinajstić information content (AvgIpc) is 3.02. The number of hydrogen-bond donors (Lipinski definition) is 1. The Bertz CT molecular complexity index is 504. The molecule has 1 saturated carbocycles. The van der Waals surface area contributed by atoms with E-state index >= 15 is 0 Å². The first-order valence-corrected chi connectivity index (χ1v) is 6.76. The van der Waals surface area contributed by atoms with Crippen molar-refractivity contribution in [3.05, 3.63) is 27.2 Å². The van der Waals surface area contributed by atoms with E-state index < -0.39 is 5.97 Å². The third kappa shape index (κ3) is 2.14. The molecule has 3 nitrogen and oxygen atoms in total. The summed E-state index contributed by atoms with van der Waals surface area (Å²) in [5, 5.41) is 9.08. The number of aryl methyl sites for hydroxylation is 1. The second-order valence-corrected chi connectivity index (χ2v) is 5.91. The summed E-state index contributed by atoms with van der Waals surface area (Å²) in [6, 6.07) is 2.05. The Morgan fingerprint density at radius 1 is 1.50 bits per heavy atom. The Labute approximate surface area is 115 Å². The van der Waals surface area contributed by atoms with Gasteiger partial charge in [-0.1, -0.05) is 15.9 Å². The molecule has 0 atom stereocenters. The van der Waals surface area contributed by atoms with Crippen LogP contribution in [-0.4, -0.2) is 18.2 Å². The smallest absolute Gasteiger partial charge is 0.304 e. The Kier molecular flexibility index (Phi) is 3.41. The van der Waals surface area contributed by atoms with Crippen LogP contribution in [0.2, 0.25) is 0 Å². The molecule has 4 heteroatoms. The molecule has 1 aromatic rings. The average molecular weight is 313 g/mol. The van der Waals surface area contributed by atoms with Gasteiger partial charge in [-0.15, -0.1) is 0 Å². The SMILES string of the molecule is COc1c(C)c(Br)cc(C)c1C1(CC(=O)O)CC1. The van der Waals surface area contributed by atoms with E-state index in [1.807, 2.05) is 13.8 Å². The Morgan fingerprint density at radius 3 is 2.56 bits per heavy atom. The summed E-state index contributed by atoms with van der Waals surface area (Å²) in [6.07, 6.45) is 2.04. The molecule has 0 saturated heterocycles. The molecule has 0 heterocycles. The van der Waals surface area contributed by atoms with E-state index in [0.29, 0.717) is 0 Å². The van der Waals surface area contributed by atoms with E-state index in [0.717, 1.165) is 39.8 Å². The third-order valence-electron chi connectivity index (χ3n) is 3.74. The largest absolute Gasteiger partial charge is 0.496 e. The molecular formula is C14H17BrO3. The summed E-state index contributed by atoms with van der Waals surface area (Å²) < 4.78 is 6.53. The molecule has 1 aliphatic carbocycles. The zero-order chi connectivity index (χ0) is 13.5. The van der Waals surface area contributed by atoms with Crippen molar-refractivity contribution in [1.82, 2.24) is 0 Å². The Morgan fingerprint density at radius 2 is 2.11 bits per heavy atom. The lowest BCUT2D eigenvalue weighted by Crippen LogP contribution is -2.16. The summed E-state index contributed by atoms with van der Waals surface area (Å²) in [4.78, 5) is 11.0. The van der Waals surface area contributed by atoms with E-state index in [4.69, 9.17) is 9.84 Å². The van der Waals surface area contributed by atoms with Crippen molar-refractivity contribution < 1.29 is 14.6 Å². The monoisotopic (exact) mass is 312 g/mol. The van der Waals surface area contributed by atoms with Gasteiger partial charge in [0.1, 0.15) is 5.75 Å². The number of hydrogen-bond acceptors (Lipinski definition) is 2. The highest BCUT2D eigenvalue weighted by atomic mass is 79.9. The zero-order valence-corrected chi connectivity index (χ0v) is 12.4. The minimum atomic E-state index is -0.741. The predicted octanol–water partition coefficient (Wildman–Crippen LogP) is 3.58. The maximum atomic E-state index is 11.0. The first-order valence-electron chi connectivity index (χ1n) is 5.97. The fourth-order valence-corrected chi connectivity index (χ4v) is 3.24. The van der Waals surface area contributed by atoms with Gasteiger partial charge in [-0.3, -0.25) is 4.79 Å². The van der Waals surface area contributed by atoms with Crippen LogP contribution in [0.15, 0.2) is 10.5 Å².